The molecule has 0 saturated heterocycles. The van der Waals surface area contributed by atoms with E-state index in [1.54, 1.807) is 11.8 Å². The lowest BCUT2D eigenvalue weighted by Crippen LogP contribution is -2.21. The largest absolute Gasteiger partial charge is 0.338 e. The normalized spacial score (nSPS) is 12.6. The van der Waals surface area contributed by atoms with Crippen LogP contribution in [0.4, 0.5) is 0 Å². The maximum atomic E-state index is 5.93. The summed E-state index contributed by atoms with van der Waals surface area (Å²) in [7, 11) is 0. The molecule has 2 N–H and O–H groups in total. The van der Waals surface area contributed by atoms with Gasteiger partial charge in [-0.25, -0.2) is 0 Å². The highest BCUT2D eigenvalue weighted by Gasteiger charge is 2.09. The first-order valence-corrected chi connectivity index (χ1v) is 7.64. The maximum Gasteiger partial charge on any atom is 0.236 e. The van der Waals surface area contributed by atoms with Crippen molar-refractivity contribution in [1.82, 2.24) is 10.1 Å². The molecule has 0 aliphatic carbocycles. The van der Waals surface area contributed by atoms with E-state index in [0.717, 1.165) is 17.7 Å². The Bertz CT molecular complexity index is 532. The molecule has 0 saturated carbocycles. The van der Waals surface area contributed by atoms with Gasteiger partial charge in [0.2, 0.25) is 11.7 Å². The highest BCUT2D eigenvalue weighted by Crippen LogP contribution is 2.21. The molecule has 0 bridgehead atoms. The fourth-order valence-corrected chi connectivity index (χ4v) is 2.61. The van der Waals surface area contributed by atoms with Crippen LogP contribution in [-0.4, -0.2) is 21.9 Å². The fourth-order valence-electron chi connectivity index (χ4n) is 1.47. The van der Waals surface area contributed by atoms with Crippen molar-refractivity contribution in [3.63, 3.8) is 0 Å². The Kier molecular flexibility index (Phi) is 5.24. The van der Waals surface area contributed by atoms with E-state index in [1.807, 2.05) is 24.3 Å². The number of rotatable bonds is 6. The van der Waals surface area contributed by atoms with Crippen molar-refractivity contribution < 1.29 is 4.52 Å². The number of nitrogens with two attached hydrogens (primary N) is 1. The van der Waals surface area contributed by atoms with Crippen molar-refractivity contribution in [2.24, 2.45) is 5.73 Å². The van der Waals surface area contributed by atoms with Crippen LogP contribution in [0.5, 0.6) is 0 Å². The van der Waals surface area contributed by atoms with Crippen molar-refractivity contribution in [2.75, 3.05) is 5.75 Å². The van der Waals surface area contributed by atoms with Gasteiger partial charge in [-0.15, -0.1) is 0 Å². The second kappa shape index (κ2) is 6.93. The molecule has 4 nitrogen and oxygen atoms in total. The quantitative estimate of drug-likeness (QED) is 0.885. The molecule has 0 radical (unpaired) electrons. The molecule has 0 spiro atoms. The van der Waals surface area contributed by atoms with Crippen LogP contribution in [0, 0.1) is 0 Å². The van der Waals surface area contributed by atoms with Gasteiger partial charge in [0, 0.05) is 22.4 Å². The standard InChI is InChI=1S/C13H16ClN3OS/c1-2-11(15)7-19-8-12-16-13(17-18-12)9-4-3-5-10(14)6-9/h3-6,11H,2,7-8,15H2,1H3. The highest BCUT2D eigenvalue weighted by atomic mass is 35.5. The van der Waals surface area contributed by atoms with Gasteiger partial charge in [0.25, 0.3) is 0 Å². The van der Waals surface area contributed by atoms with Crippen molar-refractivity contribution in [2.45, 2.75) is 25.1 Å². The van der Waals surface area contributed by atoms with Gasteiger partial charge in [0.15, 0.2) is 0 Å². The Morgan fingerprint density at radius 2 is 2.32 bits per heavy atom. The molecule has 2 rings (SSSR count). The average Bonchev–Trinajstić information content (AvgIpc) is 2.87. The van der Waals surface area contributed by atoms with E-state index in [9.17, 15) is 0 Å². The zero-order valence-electron chi connectivity index (χ0n) is 10.7. The Balaban J connectivity index is 1.95. The number of thioether (sulfide) groups is 1. The Morgan fingerprint density at radius 1 is 1.47 bits per heavy atom. The van der Waals surface area contributed by atoms with E-state index in [4.69, 9.17) is 21.9 Å². The minimum absolute atomic E-state index is 0.223. The highest BCUT2D eigenvalue weighted by molar-refractivity contribution is 7.98. The lowest BCUT2D eigenvalue weighted by molar-refractivity contribution is 0.391. The molecule has 6 heteroatoms. The van der Waals surface area contributed by atoms with E-state index < -0.39 is 0 Å². The van der Waals surface area contributed by atoms with Crippen LogP contribution in [-0.2, 0) is 5.75 Å². The summed E-state index contributed by atoms with van der Waals surface area (Å²) in [6.07, 6.45) is 0.977. The molecular weight excluding hydrogens is 282 g/mol. The zero-order valence-corrected chi connectivity index (χ0v) is 12.2. The first kappa shape index (κ1) is 14.4. The third-order valence-corrected chi connectivity index (χ3v) is 3.98. The van der Waals surface area contributed by atoms with Crippen LogP contribution in [0.15, 0.2) is 28.8 Å². The molecule has 1 aromatic heterocycles. The first-order chi connectivity index (χ1) is 9.19. The average molecular weight is 298 g/mol. The van der Waals surface area contributed by atoms with Gasteiger partial charge in [0.1, 0.15) is 0 Å². The second-order valence-corrected chi connectivity index (χ2v) is 5.67. The summed E-state index contributed by atoms with van der Waals surface area (Å²) >= 11 is 7.64. The van der Waals surface area contributed by atoms with E-state index in [0.29, 0.717) is 22.5 Å². The predicted molar refractivity (Wildman–Crippen MR) is 79.2 cm³/mol. The number of nitrogens with zero attached hydrogens (tertiary/aromatic N) is 2. The van der Waals surface area contributed by atoms with E-state index in [2.05, 4.69) is 17.1 Å². The van der Waals surface area contributed by atoms with Gasteiger partial charge in [0.05, 0.1) is 5.75 Å². The molecule has 19 heavy (non-hydrogen) atoms. The van der Waals surface area contributed by atoms with E-state index in [1.165, 1.54) is 0 Å². The van der Waals surface area contributed by atoms with Gasteiger partial charge in [-0.3, -0.25) is 0 Å². The van der Waals surface area contributed by atoms with Crippen molar-refractivity contribution in [3.8, 4) is 11.4 Å². The van der Waals surface area contributed by atoms with Gasteiger partial charge in [-0.05, 0) is 18.6 Å². The van der Waals surface area contributed by atoms with Gasteiger partial charge in [-0.1, -0.05) is 35.8 Å². The summed E-state index contributed by atoms with van der Waals surface area (Å²) in [4.78, 5) is 4.35. The molecule has 1 atom stereocenters. The lowest BCUT2D eigenvalue weighted by atomic mass is 10.2. The predicted octanol–water partition coefficient (Wildman–Crippen LogP) is 3.36. The zero-order chi connectivity index (χ0) is 13.7. The monoisotopic (exact) mass is 297 g/mol. The minimum Gasteiger partial charge on any atom is -0.338 e. The number of benzene rings is 1. The molecule has 102 valence electrons. The number of halogens is 1. The molecular formula is C13H16ClN3OS. The molecule has 1 unspecified atom stereocenters. The van der Waals surface area contributed by atoms with E-state index in [-0.39, 0.29) is 6.04 Å². The van der Waals surface area contributed by atoms with E-state index >= 15 is 0 Å². The van der Waals surface area contributed by atoms with Crippen molar-refractivity contribution in [1.29, 1.82) is 0 Å². The number of aromatic nitrogens is 2. The molecule has 1 aromatic carbocycles. The second-order valence-electron chi connectivity index (χ2n) is 4.21. The van der Waals surface area contributed by atoms with Gasteiger partial charge < -0.3 is 10.3 Å². The summed E-state index contributed by atoms with van der Waals surface area (Å²) in [5.41, 5.74) is 6.71. The maximum absolute atomic E-state index is 5.93. The molecule has 2 aromatic rings. The molecule has 0 aliphatic rings. The summed E-state index contributed by atoms with van der Waals surface area (Å²) < 4.78 is 5.21. The summed E-state index contributed by atoms with van der Waals surface area (Å²) in [5.74, 6) is 2.76. The van der Waals surface area contributed by atoms with Crippen molar-refractivity contribution >= 4 is 23.4 Å². The molecule has 0 fully saturated rings. The summed E-state index contributed by atoms with van der Waals surface area (Å²) in [5, 5.41) is 4.62. The SMILES string of the molecule is CCC(N)CSCc1nc(-c2cccc(Cl)c2)no1. The molecule has 1 heterocycles. The number of hydrogen-bond donors (Lipinski definition) is 1. The molecule has 0 aliphatic heterocycles. The van der Waals surface area contributed by atoms with Crippen LogP contribution in [0.25, 0.3) is 11.4 Å². The summed E-state index contributed by atoms with van der Waals surface area (Å²) in [6.45, 7) is 2.08. The Hall–Kier alpha value is -1.04. The van der Waals surface area contributed by atoms with Crippen LogP contribution in [0.1, 0.15) is 19.2 Å². The fraction of sp³-hybridized carbons (Fsp3) is 0.385. The van der Waals surface area contributed by atoms with Gasteiger partial charge in [-0.2, -0.15) is 16.7 Å². The first-order valence-electron chi connectivity index (χ1n) is 6.11. The minimum atomic E-state index is 0.223. The van der Waals surface area contributed by atoms with Crippen LogP contribution >= 0.6 is 23.4 Å². The van der Waals surface area contributed by atoms with Gasteiger partial charge >= 0.3 is 0 Å². The van der Waals surface area contributed by atoms with Crippen LogP contribution in [0.2, 0.25) is 5.02 Å². The lowest BCUT2D eigenvalue weighted by Gasteiger charge is -2.05. The third kappa shape index (κ3) is 4.23. The Morgan fingerprint density at radius 3 is 3.05 bits per heavy atom. The topological polar surface area (TPSA) is 64.9 Å². The third-order valence-electron chi connectivity index (χ3n) is 2.63. The summed E-state index contributed by atoms with van der Waals surface area (Å²) in [6, 6.07) is 7.62. The van der Waals surface area contributed by atoms with Crippen LogP contribution in [0.3, 0.4) is 0 Å². The smallest absolute Gasteiger partial charge is 0.236 e. The molecule has 0 amide bonds. The Labute approximate surface area is 121 Å². The van der Waals surface area contributed by atoms with Crippen molar-refractivity contribution in [3.05, 3.63) is 35.2 Å². The number of hydrogen-bond acceptors (Lipinski definition) is 5. The van der Waals surface area contributed by atoms with Crippen LogP contribution < -0.4 is 5.73 Å².